The fourth-order valence-electron chi connectivity index (χ4n) is 1.63. The van der Waals surface area contributed by atoms with Crippen molar-refractivity contribution < 1.29 is 19.0 Å². The Morgan fingerprint density at radius 3 is 2.55 bits per heavy atom. The van der Waals surface area contributed by atoms with Crippen molar-refractivity contribution in [2.75, 3.05) is 20.1 Å². The van der Waals surface area contributed by atoms with Crippen molar-refractivity contribution in [3.63, 3.8) is 0 Å². The Balaban J connectivity index is 2.34. The van der Waals surface area contributed by atoms with Crippen LogP contribution in [0.3, 0.4) is 0 Å². The summed E-state index contributed by atoms with van der Waals surface area (Å²) in [4.78, 5) is 13.1. The molecule has 0 fully saturated rings. The van der Waals surface area contributed by atoms with E-state index in [9.17, 15) is 14.3 Å². The minimum Gasteiger partial charge on any atom is -0.489 e. The molecule has 20 heavy (non-hydrogen) atoms. The fraction of sp³-hybridized carbons (Fsp3) is 0.500. The third kappa shape index (κ3) is 5.88. The first-order valence-electron chi connectivity index (χ1n) is 6.47. The number of likely N-dealkylation sites (N-methyl/N-ethyl adjacent to an activating group) is 1. The van der Waals surface area contributed by atoms with Crippen LogP contribution in [0.1, 0.15) is 13.8 Å². The number of amides is 2. The standard InChI is InChI=1S/C14H21FN2O3/c1-10(18)9-17(3)14(19)16-8-11(2)20-13-6-4-12(15)5-7-13/h4-7,10-11,18H,8-9H2,1-3H3,(H,16,19). The zero-order chi connectivity index (χ0) is 15.1. The van der Waals surface area contributed by atoms with Gasteiger partial charge in [0.2, 0.25) is 0 Å². The molecule has 5 nitrogen and oxygen atoms in total. The largest absolute Gasteiger partial charge is 0.489 e. The summed E-state index contributed by atoms with van der Waals surface area (Å²) in [6.07, 6.45) is -0.817. The zero-order valence-electron chi connectivity index (χ0n) is 12.0. The van der Waals surface area contributed by atoms with E-state index in [1.165, 1.54) is 29.2 Å². The molecule has 0 radical (unpaired) electrons. The normalized spacial score (nSPS) is 13.4. The van der Waals surface area contributed by atoms with Gasteiger partial charge in [0.25, 0.3) is 0 Å². The molecule has 1 aromatic rings. The molecule has 0 saturated carbocycles. The molecule has 0 aliphatic carbocycles. The lowest BCUT2D eigenvalue weighted by atomic mass is 10.3. The van der Waals surface area contributed by atoms with E-state index in [0.717, 1.165) is 0 Å². The zero-order valence-corrected chi connectivity index (χ0v) is 12.0. The highest BCUT2D eigenvalue weighted by atomic mass is 19.1. The molecule has 2 atom stereocenters. The lowest BCUT2D eigenvalue weighted by Gasteiger charge is -2.21. The van der Waals surface area contributed by atoms with Crippen LogP contribution >= 0.6 is 0 Å². The number of hydrogen-bond acceptors (Lipinski definition) is 3. The van der Waals surface area contributed by atoms with Crippen LogP contribution < -0.4 is 10.1 Å². The highest BCUT2D eigenvalue weighted by molar-refractivity contribution is 5.73. The summed E-state index contributed by atoms with van der Waals surface area (Å²) in [5.74, 6) is 0.225. The predicted octanol–water partition coefficient (Wildman–Crippen LogP) is 1.62. The second-order valence-electron chi connectivity index (χ2n) is 4.80. The second kappa shape index (κ2) is 7.69. The summed E-state index contributed by atoms with van der Waals surface area (Å²) in [6, 6.07) is 5.43. The Morgan fingerprint density at radius 1 is 1.40 bits per heavy atom. The monoisotopic (exact) mass is 284 g/mol. The highest BCUT2D eigenvalue weighted by Gasteiger charge is 2.12. The van der Waals surface area contributed by atoms with Gasteiger partial charge in [0, 0.05) is 13.6 Å². The lowest BCUT2D eigenvalue weighted by molar-refractivity contribution is 0.141. The smallest absolute Gasteiger partial charge is 0.317 e. The molecule has 2 unspecified atom stereocenters. The van der Waals surface area contributed by atoms with Gasteiger partial charge in [0.15, 0.2) is 0 Å². The van der Waals surface area contributed by atoms with Crippen LogP contribution in [0.4, 0.5) is 9.18 Å². The number of ether oxygens (including phenoxy) is 1. The average molecular weight is 284 g/mol. The number of nitrogens with zero attached hydrogens (tertiary/aromatic N) is 1. The Bertz CT molecular complexity index is 423. The number of rotatable bonds is 6. The Hall–Kier alpha value is -1.82. The summed E-state index contributed by atoms with van der Waals surface area (Å²) in [5.41, 5.74) is 0. The molecule has 112 valence electrons. The molecular weight excluding hydrogens is 263 g/mol. The van der Waals surface area contributed by atoms with Crippen molar-refractivity contribution in [3.8, 4) is 5.75 Å². The maximum Gasteiger partial charge on any atom is 0.317 e. The number of carbonyl (C=O) groups excluding carboxylic acids is 1. The third-order valence-electron chi connectivity index (χ3n) is 2.58. The van der Waals surface area contributed by atoms with Crippen LogP contribution in [0.25, 0.3) is 0 Å². The van der Waals surface area contributed by atoms with E-state index in [-0.39, 0.29) is 24.5 Å². The third-order valence-corrected chi connectivity index (χ3v) is 2.58. The number of benzene rings is 1. The summed E-state index contributed by atoms with van der Waals surface area (Å²) >= 11 is 0. The lowest BCUT2D eigenvalue weighted by Crippen LogP contribution is -2.43. The molecule has 0 heterocycles. The average Bonchev–Trinajstić information content (AvgIpc) is 2.38. The van der Waals surface area contributed by atoms with Gasteiger partial charge in [-0.05, 0) is 38.1 Å². The van der Waals surface area contributed by atoms with Crippen LogP contribution in [0, 0.1) is 5.82 Å². The molecule has 2 amide bonds. The number of hydrogen-bond donors (Lipinski definition) is 2. The summed E-state index contributed by atoms with van der Waals surface area (Å²) in [7, 11) is 1.60. The summed E-state index contributed by atoms with van der Waals surface area (Å²) in [5, 5.41) is 11.9. The molecule has 1 rings (SSSR count). The number of nitrogens with one attached hydrogen (secondary N) is 1. The van der Waals surface area contributed by atoms with Crippen LogP contribution in [0.15, 0.2) is 24.3 Å². The number of halogens is 1. The highest BCUT2D eigenvalue weighted by Crippen LogP contribution is 2.12. The van der Waals surface area contributed by atoms with Crippen molar-refractivity contribution >= 4 is 6.03 Å². The van der Waals surface area contributed by atoms with Crippen molar-refractivity contribution in [3.05, 3.63) is 30.1 Å². The van der Waals surface area contributed by atoms with E-state index < -0.39 is 6.10 Å². The molecule has 6 heteroatoms. The van der Waals surface area contributed by atoms with Crippen molar-refractivity contribution in [2.45, 2.75) is 26.1 Å². The molecule has 0 bridgehead atoms. The van der Waals surface area contributed by atoms with E-state index in [1.807, 2.05) is 0 Å². The molecular formula is C14H21FN2O3. The number of aliphatic hydroxyl groups excluding tert-OH is 1. The maximum absolute atomic E-state index is 12.7. The first kappa shape index (κ1) is 16.2. The van der Waals surface area contributed by atoms with Gasteiger partial charge in [-0.2, -0.15) is 0 Å². The molecule has 2 N–H and O–H groups in total. The Labute approximate surface area is 118 Å². The van der Waals surface area contributed by atoms with Gasteiger partial charge in [0.05, 0.1) is 12.6 Å². The van der Waals surface area contributed by atoms with Gasteiger partial charge in [-0.1, -0.05) is 0 Å². The van der Waals surface area contributed by atoms with Crippen molar-refractivity contribution in [2.24, 2.45) is 0 Å². The molecule has 0 aliphatic rings. The first-order valence-corrected chi connectivity index (χ1v) is 6.47. The van der Waals surface area contributed by atoms with Crippen LogP contribution in [0.5, 0.6) is 5.75 Å². The number of carbonyl (C=O) groups is 1. The van der Waals surface area contributed by atoms with E-state index >= 15 is 0 Å². The maximum atomic E-state index is 12.7. The molecule has 0 aromatic heterocycles. The molecule has 0 aliphatic heterocycles. The van der Waals surface area contributed by atoms with Gasteiger partial charge in [-0.15, -0.1) is 0 Å². The van der Waals surface area contributed by atoms with E-state index in [2.05, 4.69) is 5.32 Å². The minimum absolute atomic E-state index is 0.246. The van der Waals surface area contributed by atoms with Crippen molar-refractivity contribution in [1.82, 2.24) is 10.2 Å². The fourth-order valence-corrected chi connectivity index (χ4v) is 1.63. The molecule has 0 saturated heterocycles. The second-order valence-corrected chi connectivity index (χ2v) is 4.80. The Kier molecular flexibility index (Phi) is 6.24. The number of aliphatic hydroxyl groups is 1. The van der Waals surface area contributed by atoms with Crippen LogP contribution in [-0.4, -0.2) is 48.4 Å². The molecule has 0 spiro atoms. The van der Waals surface area contributed by atoms with Crippen LogP contribution in [-0.2, 0) is 0 Å². The van der Waals surface area contributed by atoms with Crippen molar-refractivity contribution in [1.29, 1.82) is 0 Å². The first-order chi connectivity index (χ1) is 9.38. The minimum atomic E-state index is -0.571. The quantitative estimate of drug-likeness (QED) is 0.834. The summed E-state index contributed by atoms with van der Waals surface area (Å²) in [6.45, 7) is 4.00. The predicted molar refractivity (Wildman–Crippen MR) is 74.2 cm³/mol. The van der Waals surface area contributed by atoms with E-state index in [1.54, 1.807) is 20.9 Å². The van der Waals surface area contributed by atoms with Gasteiger partial charge >= 0.3 is 6.03 Å². The van der Waals surface area contributed by atoms with E-state index in [0.29, 0.717) is 12.3 Å². The summed E-state index contributed by atoms with van der Waals surface area (Å²) < 4.78 is 18.3. The SMILES string of the molecule is CC(O)CN(C)C(=O)NCC(C)Oc1ccc(F)cc1. The van der Waals surface area contributed by atoms with Gasteiger partial charge in [0.1, 0.15) is 17.7 Å². The topological polar surface area (TPSA) is 61.8 Å². The molecule has 1 aromatic carbocycles. The van der Waals surface area contributed by atoms with E-state index in [4.69, 9.17) is 4.74 Å². The number of urea groups is 1. The van der Waals surface area contributed by atoms with Gasteiger partial charge in [-0.3, -0.25) is 0 Å². The Morgan fingerprint density at radius 2 is 2.00 bits per heavy atom. The van der Waals surface area contributed by atoms with Gasteiger partial charge < -0.3 is 20.1 Å². The van der Waals surface area contributed by atoms with Crippen LogP contribution in [0.2, 0.25) is 0 Å². The van der Waals surface area contributed by atoms with Gasteiger partial charge in [-0.25, -0.2) is 9.18 Å².